The maximum atomic E-state index is 10.3. The molecule has 2 heterocycles. The predicted octanol–water partition coefficient (Wildman–Crippen LogP) is 1.99. The Balaban J connectivity index is 1.26. The summed E-state index contributed by atoms with van der Waals surface area (Å²) in [5.74, 6) is 0.805. The number of β-amino-alcohol motifs (C(OH)–C–C–N with tert-alkyl or cyclic N) is 1. The zero-order valence-corrected chi connectivity index (χ0v) is 18.0. The normalized spacial score (nSPS) is 18.4. The topological polar surface area (TPSA) is 73.8 Å². The molecule has 164 valence electrons. The minimum atomic E-state index is -0.500. The summed E-state index contributed by atoms with van der Waals surface area (Å²) in [6.07, 6.45) is 4.30. The number of aryl methyl sites for hydroxylation is 1. The van der Waals surface area contributed by atoms with Gasteiger partial charge in [-0.15, -0.1) is 0 Å². The van der Waals surface area contributed by atoms with Crippen LogP contribution in [0.4, 0.5) is 0 Å². The van der Waals surface area contributed by atoms with Crippen molar-refractivity contribution in [2.75, 3.05) is 46.5 Å². The van der Waals surface area contributed by atoms with Crippen LogP contribution in [-0.4, -0.2) is 77.7 Å². The standard InChI is InChI=1S/C23H34N4O3/c1-26(16-23-21-7-2-3-8-22(21)24-25-23)14-18-5-4-6-20(13-18)30-17-19(28)15-27-9-11-29-12-10-27/h4-6,13,19,28H,2-3,7-12,14-17H2,1H3,(H,24,25)/t19-/m0/s1. The number of hydrogen-bond donors (Lipinski definition) is 2. The van der Waals surface area contributed by atoms with Gasteiger partial charge in [-0.1, -0.05) is 12.1 Å². The molecule has 4 rings (SSSR count). The van der Waals surface area contributed by atoms with Gasteiger partial charge in [-0.3, -0.25) is 14.9 Å². The fourth-order valence-corrected chi connectivity index (χ4v) is 4.36. The Kier molecular flexibility index (Phi) is 7.38. The Morgan fingerprint density at radius 1 is 1.23 bits per heavy atom. The van der Waals surface area contributed by atoms with Crippen molar-refractivity contribution in [1.82, 2.24) is 20.0 Å². The van der Waals surface area contributed by atoms with E-state index in [0.29, 0.717) is 13.2 Å². The second-order valence-corrected chi connectivity index (χ2v) is 8.53. The first-order valence-electron chi connectivity index (χ1n) is 11.1. The van der Waals surface area contributed by atoms with Crippen LogP contribution < -0.4 is 4.74 Å². The maximum absolute atomic E-state index is 10.3. The monoisotopic (exact) mass is 414 g/mol. The molecule has 1 atom stereocenters. The summed E-state index contributed by atoms with van der Waals surface area (Å²) in [6.45, 7) is 5.82. The molecule has 30 heavy (non-hydrogen) atoms. The minimum absolute atomic E-state index is 0.302. The summed E-state index contributed by atoms with van der Waals surface area (Å²) in [6, 6.07) is 8.16. The molecule has 1 aromatic heterocycles. The second kappa shape index (κ2) is 10.4. The molecule has 2 aliphatic rings. The van der Waals surface area contributed by atoms with Crippen molar-refractivity contribution in [3.63, 3.8) is 0 Å². The number of aliphatic hydroxyl groups is 1. The number of benzene rings is 1. The van der Waals surface area contributed by atoms with Crippen LogP contribution in [0.25, 0.3) is 0 Å². The van der Waals surface area contributed by atoms with Crippen molar-refractivity contribution in [3.8, 4) is 5.75 Å². The van der Waals surface area contributed by atoms with E-state index in [0.717, 1.165) is 58.0 Å². The first-order valence-corrected chi connectivity index (χ1v) is 11.1. The summed E-state index contributed by atoms with van der Waals surface area (Å²) in [5.41, 5.74) is 5.14. The Labute approximate surface area is 179 Å². The molecule has 0 unspecified atom stereocenters. The zero-order valence-electron chi connectivity index (χ0n) is 18.0. The van der Waals surface area contributed by atoms with Gasteiger partial charge in [-0.05, 0) is 56.0 Å². The van der Waals surface area contributed by atoms with Crippen molar-refractivity contribution < 1.29 is 14.6 Å². The molecule has 0 radical (unpaired) electrons. The highest BCUT2D eigenvalue weighted by atomic mass is 16.5. The van der Waals surface area contributed by atoms with Gasteiger partial charge in [0.05, 0.1) is 18.9 Å². The van der Waals surface area contributed by atoms with Crippen molar-refractivity contribution in [2.24, 2.45) is 0 Å². The predicted molar refractivity (Wildman–Crippen MR) is 116 cm³/mol. The molecule has 1 aromatic carbocycles. The van der Waals surface area contributed by atoms with Crippen LogP contribution in [0.3, 0.4) is 0 Å². The zero-order chi connectivity index (χ0) is 20.8. The number of nitrogens with zero attached hydrogens (tertiary/aromatic N) is 3. The van der Waals surface area contributed by atoms with Crippen LogP contribution in [0.2, 0.25) is 0 Å². The van der Waals surface area contributed by atoms with Crippen LogP contribution >= 0.6 is 0 Å². The van der Waals surface area contributed by atoms with Crippen molar-refractivity contribution in [2.45, 2.75) is 44.9 Å². The van der Waals surface area contributed by atoms with E-state index >= 15 is 0 Å². The molecule has 1 aliphatic heterocycles. The van der Waals surface area contributed by atoms with E-state index in [1.54, 1.807) is 0 Å². The van der Waals surface area contributed by atoms with Gasteiger partial charge in [0.2, 0.25) is 0 Å². The van der Waals surface area contributed by atoms with Gasteiger partial charge in [0.1, 0.15) is 18.5 Å². The number of nitrogens with one attached hydrogen (secondary N) is 1. The van der Waals surface area contributed by atoms with Crippen LogP contribution in [0, 0.1) is 0 Å². The largest absolute Gasteiger partial charge is 0.491 e. The van der Waals surface area contributed by atoms with Crippen molar-refractivity contribution in [3.05, 3.63) is 46.8 Å². The Hall–Kier alpha value is -1.93. The van der Waals surface area contributed by atoms with Crippen molar-refractivity contribution >= 4 is 0 Å². The summed E-state index contributed by atoms with van der Waals surface area (Å²) in [5, 5.41) is 18.1. The third-order valence-electron chi connectivity index (χ3n) is 5.93. The lowest BCUT2D eigenvalue weighted by Crippen LogP contribution is -2.42. The number of morpholine rings is 1. The second-order valence-electron chi connectivity index (χ2n) is 8.53. The maximum Gasteiger partial charge on any atom is 0.119 e. The van der Waals surface area contributed by atoms with E-state index in [4.69, 9.17) is 9.47 Å². The third-order valence-corrected chi connectivity index (χ3v) is 5.93. The fourth-order valence-electron chi connectivity index (χ4n) is 4.36. The van der Waals surface area contributed by atoms with E-state index in [-0.39, 0.29) is 0 Å². The lowest BCUT2D eigenvalue weighted by atomic mass is 9.96. The highest BCUT2D eigenvalue weighted by Gasteiger charge is 2.18. The Morgan fingerprint density at radius 3 is 2.93 bits per heavy atom. The lowest BCUT2D eigenvalue weighted by molar-refractivity contribution is 0.00464. The average Bonchev–Trinajstić information content (AvgIpc) is 3.16. The molecule has 1 aliphatic carbocycles. The van der Waals surface area contributed by atoms with E-state index < -0.39 is 6.10 Å². The average molecular weight is 415 g/mol. The van der Waals surface area contributed by atoms with E-state index in [1.807, 2.05) is 12.1 Å². The van der Waals surface area contributed by atoms with Gasteiger partial charge >= 0.3 is 0 Å². The van der Waals surface area contributed by atoms with Gasteiger partial charge < -0.3 is 14.6 Å². The number of hydrogen-bond acceptors (Lipinski definition) is 6. The third kappa shape index (κ3) is 5.82. The number of aromatic amines is 1. The molecule has 0 saturated carbocycles. The number of aliphatic hydroxyl groups excluding tert-OH is 1. The first kappa shape index (κ1) is 21.3. The smallest absolute Gasteiger partial charge is 0.119 e. The first-order chi connectivity index (χ1) is 14.7. The van der Waals surface area contributed by atoms with Crippen LogP contribution in [0.15, 0.2) is 24.3 Å². The number of fused-ring (bicyclic) bond motifs is 1. The van der Waals surface area contributed by atoms with Gasteiger partial charge in [0.25, 0.3) is 0 Å². The fraction of sp³-hybridized carbons (Fsp3) is 0.609. The van der Waals surface area contributed by atoms with E-state index in [2.05, 4.69) is 39.2 Å². The van der Waals surface area contributed by atoms with Gasteiger partial charge in [-0.2, -0.15) is 5.10 Å². The highest BCUT2D eigenvalue weighted by Crippen LogP contribution is 2.23. The molecule has 0 spiro atoms. The molecule has 0 amide bonds. The number of H-pyrrole nitrogens is 1. The molecule has 1 saturated heterocycles. The molecule has 2 N–H and O–H groups in total. The van der Waals surface area contributed by atoms with Crippen LogP contribution in [-0.2, 0) is 30.7 Å². The quantitative estimate of drug-likeness (QED) is 0.654. The summed E-state index contributed by atoms with van der Waals surface area (Å²) >= 11 is 0. The highest BCUT2D eigenvalue weighted by molar-refractivity contribution is 5.29. The van der Waals surface area contributed by atoms with Crippen LogP contribution in [0.5, 0.6) is 5.75 Å². The number of rotatable bonds is 9. The van der Waals surface area contributed by atoms with Crippen LogP contribution in [0.1, 0.15) is 35.4 Å². The lowest BCUT2D eigenvalue weighted by Gasteiger charge is -2.28. The number of aromatic nitrogens is 2. The van der Waals surface area contributed by atoms with E-state index in [9.17, 15) is 5.11 Å². The van der Waals surface area contributed by atoms with E-state index in [1.165, 1.54) is 35.4 Å². The number of ether oxygens (including phenoxy) is 2. The molecular formula is C23H34N4O3. The molecule has 1 fully saturated rings. The summed E-state index contributed by atoms with van der Waals surface area (Å²) < 4.78 is 11.2. The van der Waals surface area contributed by atoms with Crippen molar-refractivity contribution in [1.29, 1.82) is 0 Å². The molecule has 7 nitrogen and oxygen atoms in total. The Bertz CT molecular complexity index is 803. The summed E-state index contributed by atoms with van der Waals surface area (Å²) in [7, 11) is 2.13. The molecule has 0 bridgehead atoms. The van der Waals surface area contributed by atoms with Gasteiger partial charge in [0.15, 0.2) is 0 Å². The molecule has 7 heteroatoms. The Morgan fingerprint density at radius 2 is 2.07 bits per heavy atom. The minimum Gasteiger partial charge on any atom is -0.491 e. The molecular weight excluding hydrogens is 380 g/mol. The summed E-state index contributed by atoms with van der Waals surface area (Å²) in [4.78, 5) is 4.51. The molecule has 2 aromatic rings. The van der Waals surface area contributed by atoms with Gasteiger partial charge in [0, 0.05) is 38.4 Å². The van der Waals surface area contributed by atoms with Gasteiger partial charge in [-0.25, -0.2) is 0 Å². The SMILES string of the molecule is CN(Cc1cccc(OC[C@@H](O)CN2CCOCC2)c1)Cc1n[nH]c2c1CCCC2.